The minimum Gasteiger partial charge on any atom is -0.508 e. The first-order chi connectivity index (χ1) is 8.26. The van der Waals surface area contributed by atoms with Crippen LogP contribution in [0.4, 0.5) is 0 Å². The smallest absolute Gasteiger partial charge is 0.255 e. The summed E-state index contributed by atoms with van der Waals surface area (Å²) in [6.07, 6.45) is 0. The highest BCUT2D eigenvalue weighted by molar-refractivity contribution is 6.33. The zero-order valence-corrected chi connectivity index (χ0v) is 11.7. The van der Waals surface area contributed by atoms with E-state index in [4.69, 9.17) is 17.3 Å². The minimum absolute atomic E-state index is 0.0224. The Bertz CT molecular complexity index is 447. The van der Waals surface area contributed by atoms with E-state index in [0.29, 0.717) is 23.7 Å². The third-order valence-electron chi connectivity index (χ3n) is 2.74. The normalized spacial score (nSPS) is 11.4. The second-order valence-corrected chi connectivity index (χ2v) is 5.60. The molecule has 0 aromatic heterocycles. The molecule has 0 fully saturated rings. The van der Waals surface area contributed by atoms with Crippen molar-refractivity contribution in [3.05, 3.63) is 28.8 Å². The number of carbonyl (C=O) groups is 1. The number of hydrogen-bond acceptors (Lipinski definition) is 3. The van der Waals surface area contributed by atoms with Crippen LogP contribution in [-0.2, 0) is 0 Å². The molecule has 100 valence electrons. The van der Waals surface area contributed by atoms with Gasteiger partial charge in [0.2, 0.25) is 0 Å². The van der Waals surface area contributed by atoms with E-state index in [9.17, 15) is 9.90 Å². The molecule has 0 aliphatic carbocycles. The van der Waals surface area contributed by atoms with Crippen LogP contribution < -0.4 is 5.73 Å². The van der Waals surface area contributed by atoms with Crippen molar-refractivity contribution in [2.75, 3.05) is 20.1 Å². The summed E-state index contributed by atoms with van der Waals surface area (Å²) in [6.45, 7) is 4.98. The zero-order chi connectivity index (χ0) is 13.9. The molecule has 0 aliphatic heterocycles. The summed E-state index contributed by atoms with van der Waals surface area (Å²) in [7, 11) is 1.69. The lowest BCUT2D eigenvalue weighted by Crippen LogP contribution is -2.39. The lowest BCUT2D eigenvalue weighted by molar-refractivity contribution is 0.0740. The van der Waals surface area contributed by atoms with Gasteiger partial charge in [-0.15, -0.1) is 0 Å². The summed E-state index contributed by atoms with van der Waals surface area (Å²) in [5.74, 6) is -0.202. The van der Waals surface area contributed by atoms with Gasteiger partial charge in [-0.1, -0.05) is 25.4 Å². The Hall–Kier alpha value is -1.26. The molecule has 0 atom stereocenters. The first-order valence-electron chi connectivity index (χ1n) is 5.71. The van der Waals surface area contributed by atoms with Gasteiger partial charge in [-0.25, -0.2) is 0 Å². The fourth-order valence-electron chi connectivity index (χ4n) is 1.66. The van der Waals surface area contributed by atoms with Gasteiger partial charge in [-0.3, -0.25) is 4.79 Å². The fraction of sp³-hybridized carbons (Fsp3) is 0.462. The molecule has 0 spiro atoms. The monoisotopic (exact) mass is 270 g/mol. The molecule has 4 nitrogen and oxygen atoms in total. The molecule has 1 amide bonds. The molecule has 0 heterocycles. The Labute approximate surface area is 112 Å². The summed E-state index contributed by atoms with van der Waals surface area (Å²) in [6, 6.07) is 4.32. The van der Waals surface area contributed by atoms with E-state index in [2.05, 4.69) is 0 Å². The standard InChI is InChI=1S/C13H19ClN2O2/c1-13(2,7-15)8-16(3)12(18)10-6-9(17)4-5-11(10)14/h4-6,17H,7-8,15H2,1-3H3. The zero-order valence-electron chi connectivity index (χ0n) is 10.9. The molecule has 0 bridgehead atoms. The van der Waals surface area contributed by atoms with Crippen LogP contribution in [-0.4, -0.2) is 36.1 Å². The Kier molecular flexibility index (Phi) is 4.59. The average Bonchev–Trinajstić information content (AvgIpc) is 2.31. The van der Waals surface area contributed by atoms with Gasteiger partial charge in [-0.2, -0.15) is 0 Å². The predicted octanol–water partition coefficient (Wildman–Crippen LogP) is 2.10. The summed E-state index contributed by atoms with van der Waals surface area (Å²) < 4.78 is 0. The number of carbonyl (C=O) groups excluding carboxylic acids is 1. The Morgan fingerprint density at radius 3 is 2.67 bits per heavy atom. The van der Waals surface area contributed by atoms with Crippen LogP contribution in [0.25, 0.3) is 0 Å². The number of phenols is 1. The molecule has 18 heavy (non-hydrogen) atoms. The fourth-order valence-corrected chi connectivity index (χ4v) is 1.86. The van der Waals surface area contributed by atoms with Crippen molar-refractivity contribution in [3.8, 4) is 5.75 Å². The number of halogens is 1. The van der Waals surface area contributed by atoms with Crippen molar-refractivity contribution in [1.82, 2.24) is 4.90 Å². The lowest BCUT2D eigenvalue weighted by atomic mass is 9.93. The Morgan fingerprint density at radius 2 is 2.11 bits per heavy atom. The topological polar surface area (TPSA) is 66.6 Å². The van der Waals surface area contributed by atoms with Crippen molar-refractivity contribution < 1.29 is 9.90 Å². The second kappa shape index (κ2) is 5.59. The molecule has 1 aromatic rings. The van der Waals surface area contributed by atoms with Gasteiger partial charge in [0.05, 0.1) is 10.6 Å². The van der Waals surface area contributed by atoms with Crippen molar-refractivity contribution in [2.45, 2.75) is 13.8 Å². The number of hydrogen-bond donors (Lipinski definition) is 2. The highest BCUT2D eigenvalue weighted by Gasteiger charge is 2.23. The number of amides is 1. The molecular formula is C13H19ClN2O2. The van der Waals surface area contributed by atoms with Gasteiger partial charge < -0.3 is 15.7 Å². The summed E-state index contributed by atoms with van der Waals surface area (Å²) in [4.78, 5) is 13.8. The van der Waals surface area contributed by atoms with Gasteiger partial charge in [-0.05, 0) is 30.2 Å². The van der Waals surface area contributed by atoms with Crippen LogP contribution in [0.1, 0.15) is 24.2 Å². The third-order valence-corrected chi connectivity index (χ3v) is 3.07. The van der Waals surface area contributed by atoms with Crippen molar-refractivity contribution in [1.29, 1.82) is 0 Å². The van der Waals surface area contributed by atoms with Crippen molar-refractivity contribution in [3.63, 3.8) is 0 Å². The van der Waals surface area contributed by atoms with Crippen LogP contribution in [0.2, 0.25) is 5.02 Å². The lowest BCUT2D eigenvalue weighted by Gasteiger charge is -2.29. The maximum atomic E-state index is 12.2. The van der Waals surface area contributed by atoms with Crippen LogP contribution in [0.15, 0.2) is 18.2 Å². The van der Waals surface area contributed by atoms with E-state index >= 15 is 0 Å². The summed E-state index contributed by atoms with van der Waals surface area (Å²) >= 11 is 5.96. The molecule has 0 unspecified atom stereocenters. The SMILES string of the molecule is CN(CC(C)(C)CN)C(=O)c1cc(O)ccc1Cl. The van der Waals surface area contributed by atoms with E-state index in [1.165, 1.54) is 18.2 Å². The largest absolute Gasteiger partial charge is 0.508 e. The molecule has 0 radical (unpaired) electrons. The maximum absolute atomic E-state index is 12.2. The van der Waals surface area contributed by atoms with Gasteiger partial charge in [0.1, 0.15) is 5.75 Å². The van der Waals surface area contributed by atoms with Gasteiger partial charge in [0.15, 0.2) is 0 Å². The first kappa shape index (κ1) is 14.8. The highest BCUT2D eigenvalue weighted by atomic mass is 35.5. The number of phenolic OH excluding ortho intramolecular Hbond substituents is 1. The number of aromatic hydroxyl groups is 1. The molecule has 3 N–H and O–H groups in total. The van der Waals surface area contributed by atoms with E-state index in [-0.39, 0.29) is 17.1 Å². The molecule has 1 aromatic carbocycles. The summed E-state index contributed by atoms with van der Waals surface area (Å²) in [5.41, 5.74) is 5.78. The number of benzene rings is 1. The Morgan fingerprint density at radius 1 is 1.50 bits per heavy atom. The van der Waals surface area contributed by atoms with Crippen LogP contribution in [0, 0.1) is 5.41 Å². The minimum atomic E-state index is -0.225. The van der Waals surface area contributed by atoms with E-state index < -0.39 is 0 Å². The van der Waals surface area contributed by atoms with E-state index in [1.807, 2.05) is 13.8 Å². The maximum Gasteiger partial charge on any atom is 0.255 e. The van der Waals surface area contributed by atoms with Crippen molar-refractivity contribution in [2.24, 2.45) is 11.1 Å². The molecule has 0 saturated heterocycles. The first-order valence-corrected chi connectivity index (χ1v) is 6.09. The van der Waals surface area contributed by atoms with Crippen LogP contribution >= 0.6 is 11.6 Å². The van der Waals surface area contributed by atoms with Crippen LogP contribution in [0.3, 0.4) is 0 Å². The number of nitrogens with two attached hydrogens (primary N) is 1. The second-order valence-electron chi connectivity index (χ2n) is 5.19. The Balaban J connectivity index is 2.90. The van der Waals surface area contributed by atoms with Gasteiger partial charge >= 0.3 is 0 Å². The number of rotatable bonds is 4. The third kappa shape index (κ3) is 3.62. The predicted molar refractivity (Wildman–Crippen MR) is 72.9 cm³/mol. The quantitative estimate of drug-likeness (QED) is 0.881. The van der Waals surface area contributed by atoms with E-state index in [1.54, 1.807) is 11.9 Å². The highest BCUT2D eigenvalue weighted by Crippen LogP contribution is 2.23. The van der Waals surface area contributed by atoms with Crippen molar-refractivity contribution >= 4 is 17.5 Å². The molecular weight excluding hydrogens is 252 g/mol. The molecule has 0 saturated carbocycles. The average molecular weight is 271 g/mol. The molecule has 5 heteroatoms. The van der Waals surface area contributed by atoms with Gasteiger partial charge in [0, 0.05) is 13.6 Å². The number of nitrogens with zero attached hydrogens (tertiary/aromatic N) is 1. The molecule has 1 rings (SSSR count). The molecule has 0 aliphatic rings. The summed E-state index contributed by atoms with van der Waals surface area (Å²) in [5, 5.41) is 9.73. The van der Waals surface area contributed by atoms with E-state index in [0.717, 1.165) is 0 Å². The van der Waals surface area contributed by atoms with Gasteiger partial charge in [0.25, 0.3) is 5.91 Å². The van der Waals surface area contributed by atoms with Crippen LogP contribution in [0.5, 0.6) is 5.75 Å².